The zero-order valence-electron chi connectivity index (χ0n) is 13.6. The van der Waals surface area contributed by atoms with E-state index in [1.165, 1.54) is 10.4 Å². The summed E-state index contributed by atoms with van der Waals surface area (Å²) in [4.78, 5) is 23.3. The first-order valence-corrected chi connectivity index (χ1v) is 9.52. The molecule has 132 valence electrons. The lowest BCUT2D eigenvalue weighted by Gasteiger charge is -2.31. The molecule has 1 aliphatic rings. The molecule has 1 aliphatic heterocycles. The molecule has 1 heterocycles. The molecule has 2 N–H and O–H groups in total. The van der Waals surface area contributed by atoms with E-state index in [2.05, 4.69) is 5.32 Å². The highest BCUT2D eigenvalue weighted by atomic mass is 32.2. The molecule has 0 atom stereocenters. The lowest BCUT2D eigenvalue weighted by molar-refractivity contribution is -0.121. The minimum Gasteiger partial charge on any atom is -0.478 e. The maximum Gasteiger partial charge on any atom is 0.335 e. The van der Waals surface area contributed by atoms with Crippen molar-refractivity contribution in [3.05, 3.63) is 35.4 Å². The van der Waals surface area contributed by atoms with Crippen LogP contribution in [0.5, 0.6) is 0 Å². The smallest absolute Gasteiger partial charge is 0.335 e. The van der Waals surface area contributed by atoms with E-state index in [1.54, 1.807) is 25.1 Å². The number of hydrogen-bond donors (Lipinski definition) is 2. The van der Waals surface area contributed by atoms with Gasteiger partial charge in [0.2, 0.25) is 15.9 Å². The monoisotopic (exact) mass is 354 g/mol. The van der Waals surface area contributed by atoms with Crippen molar-refractivity contribution in [1.82, 2.24) is 9.62 Å². The van der Waals surface area contributed by atoms with Gasteiger partial charge in [-0.1, -0.05) is 18.2 Å². The topological polar surface area (TPSA) is 104 Å². The predicted molar refractivity (Wildman–Crippen MR) is 89.3 cm³/mol. The van der Waals surface area contributed by atoms with Gasteiger partial charge < -0.3 is 10.4 Å². The molecular weight excluding hydrogens is 332 g/mol. The van der Waals surface area contributed by atoms with E-state index in [0.717, 1.165) is 0 Å². The molecule has 2 rings (SSSR count). The number of amides is 1. The number of hydrogen-bond acceptors (Lipinski definition) is 4. The van der Waals surface area contributed by atoms with Gasteiger partial charge in [-0.05, 0) is 31.4 Å². The zero-order valence-corrected chi connectivity index (χ0v) is 14.4. The molecule has 1 amide bonds. The quantitative estimate of drug-likeness (QED) is 0.788. The van der Waals surface area contributed by atoms with Crippen LogP contribution in [0.4, 0.5) is 0 Å². The fourth-order valence-electron chi connectivity index (χ4n) is 2.80. The SMILES string of the molecule is CCS(=O)(=O)N1CCC(NC(=O)Cc2ccccc2C(=O)O)CC1. The molecule has 0 unspecified atom stereocenters. The number of nitrogens with zero attached hydrogens (tertiary/aromatic N) is 1. The summed E-state index contributed by atoms with van der Waals surface area (Å²) in [6.07, 6.45) is 1.12. The number of nitrogens with one attached hydrogen (secondary N) is 1. The second-order valence-electron chi connectivity index (χ2n) is 5.78. The molecule has 7 nitrogen and oxygen atoms in total. The van der Waals surface area contributed by atoms with Gasteiger partial charge >= 0.3 is 5.97 Å². The summed E-state index contributed by atoms with van der Waals surface area (Å²) in [5.41, 5.74) is 0.588. The van der Waals surface area contributed by atoms with Crippen LogP contribution >= 0.6 is 0 Å². The first-order valence-electron chi connectivity index (χ1n) is 7.92. The summed E-state index contributed by atoms with van der Waals surface area (Å²) < 4.78 is 25.1. The lowest BCUT2D eigenvalue weighted by atomic mass is 10.0. The molecule has 0 saturated carbocycles. The number of sulfonamides is 1. The van der Waals surface area contributed by atoms with E-state index >= 15 is 0 Å². The van der Waals surface area contributed by atoms with Crippen LogP contribution in [0, 0.1) is 0 Å². The third-order valence-electron chi connectivity index (χ3n) is 4.18. The van der Waals surface area contributed by atoms with Crippen LogP contribution < -0.4 is 5.32 Å². The fraction of sp³-hybridized carbons (Fsp3) is 0.500. The van der Waals surface area contributed by atoms with Crippen molar-refractivity contribution in [2.24, 2.45) is 0 Å². The van der Waals surface area contributed by atoms with Crippen molar-refractivity contribution in [2.45, 2.75) is 32.2 Å². The number of carbonyl (C=O) groups excluding carboxylic acids is 1. The molecule has 0 aliphatic carbocycles. The van der Waals surface area contributed by atoms with Gasteiger partial charge in [0, 0.05) is 19.1 Å². The second-order valence-corrected chi connectivity index (χ2v) is 8.04. The Kier molecular flexibility index (Phi) is 5.95. The van der Waals surface area contributed by atoms with Crippen molar-refractivity contribution in [3.8, 4) is 0 Å². The van der Waals surface area contributed by atoms with Crippen LogP contribution in [-0.4, -0.2) is 54.6 Å². The van der Waals surface area contributed by atoms with E-state index in [-0.39, 0.29) is 29.7 Å². The highest BCUT2D eigenvalue weighted by Crippen LogP contribution is 2.15. The van der Waals surface area contributed by atoms with E-state index < -0.39 is 16.0 Å². The first kappa shape index (κ1) is 18.4. The normalized spacial score (nSPS) is 16.7. The molecular formula is C16H22N2O5S. The van der Waals surface area contributed by atoms with Crippen LogP contribution in [0.1, 0.15) is 35.7 Å². The zero-order chi connectivity index (χ0) is 17.7. The van der Waals surface area contributed by atoms with E-state index in [9.17, 15) is 18.0 Å². The molecule has 1 fully saturated rings. The number of carboxylic acid groups (broad SMARTS) is 1. The molecule has 1 aromatic carbocycles. The van der Waals surface area contributed by atoms with Gasteiger partial charge in [0.05, 0.1) is 17.7 Å². The molecule has 0 spiro atoms. The Bertz CT molecular complexity index is 709. The molecule has 8 heteroatoms. The average molecular weight is 354 g/mol. The average Bonchev–Trinajstić information content (AvgIpc) is 2.55. The molecule has 0 bridgehead atoms. The Morgan fingerprint density at radius 2 is 1.88 bits per heavy atom. The van der Waals surface area contributed by atoms with Crippen LogP contribution in [0.3, 0.4) is 0 Å². The van der Waals surface area contributed by atoms with E-state index in [0.29, 0.717) is 31.5 Å². The highest BCUT2D eigenvalue weighted by molar-refractivity contribution is 7.89. The molecule has 0 aromatic heterocycles. The molecule has 0 radical (unpaired) electrons. The third-order valence-corrected chi connectivity index (χ3v) is 6.06. The summed E-state index contributed by atoms with van der Waals surface area (Å²) in [7, 11) is -3.18. The van der Waals surface area contributed by atoms with Crippen molar-refractivity contribution < 1.29 is 23.1 Å². The predicted octanol–water partition coefficient (Wildman–Crippen LogP) is 0.858. The van der Waals surface area contributed by atoms with Crippen molar-refractivity contribution in [2.75, 3.05) is 18.8 Å². The number of rotatable bonds is 6. The van der Waals surface area contributed by atoms with Gasteiger partial charge in [0.1, 0.15) is 0 Å². The van der Waals surface area contributed by atoms with Gasteiger partial charge in [0.25, 0.3) is 0 Å². The number of carbonyl (C=O) groups is 2. The van der Waals surface area contributed by atoms with Crippen LogP contribution in [0.2, 0.25) is 0 Å². The Labute approximate surface area is 141 Å². The maximum absolute atomic E-state index is 12.2. The minimum absolute atomic E-state index is 0.00402. The Morgan fingerprint density at radius 3 is 2.46 bits per heavy atom. The number of benzene rings is 1. The Hall–Kier alpha value is -1.93. The van der Waals surface area contributed by atoms with Gasteiger partial charge in [-0.3, -0.25) is 4.79 Å². The van der Waals surface area contributed by atoms with E-state index in [4.69, 9.17) is 5.11 Å². The van der Waals surface area contributed by atoms with Crippen molar-refractivity contribution in [1.29, 1.82) is 0 Å². The first-order chi connectivity index (χ1) is 11.3. The van der Waals surface area contributed by atoms with Crippen LogP contribution in [-0.2, 0) is 21.2 Å². The summed E-state index contributed by atoms with van der Waals surface area (Å²) in [5.74, 6) is -1.23. The summed E-state index contributed by atoms with van der Waals surface area (Å²) in [6.45, 7) is 2.41. The van der Waals surface area contributed by atoms with Crippen LogP contribution in [0.15, 0.2) is 24.3 Å². The Balaban J connectivity index is 1.90. The van der Waals surface area contributed by atoms with Crippen molar-refractivity contribution >= 4 is 21.9 Å². The second kappa shape index (κ2) is 7.76. The summed E-state index contributed by atoms with van der Waals surface area (Å²) in [6, 6.07) is 6.33. The number of carboxylic acids is 1. The van der Waals surface area contributed by atoms with Crippen molar-refractivity contribution in [3.63, 3.8) is 0 Å². The molecule has 1 aromatic rings. The standard InChI is InChI=1S/C16H22N2O5S/c1-2-24(22,23)18-9-7-13(8-10-18)17-15(19)11-12-5-3-4-6-14(12)16(20)21/h3-6,13H,2,7-11H2,1H3,(H,17,19)(H,20,21). The minimum atomic E-state index is -3.18. The fourth-order valence-corrected chi connectivity index (χ4v) is 3.93. The third kappa shape index (κ3) is 4.55. The molecule has 1 saturated heterocycles. The number of aromatic carboxylic acids is 1. The van der Waals surface area contributed by atoms with Crippen LogP contribution in [0.25, 0.3) is 0 Å². The molecule has 24 heavy (non-hydrogen) atoms. The lowest BCUT2D eigenvalue weighted by Crippen LogP contribution is -2.47. The summed E-state index contributed by atoms with van der Waals surface area (Å²) >= 11 is 0. The number of piperidine rings is 1. The largest absolute Gasteiger partial charge is 0.478 e. The van der Waals surface area contributed by atoms with Gasteiger partial charge in [-0.15, -0.1) is 0 Å². The van der Waals surface area contributed by atoms with Gasteiger partial charge in [0.15, 0.2) is 0 Å². The van der Waals surface area contributed by atoms with Gasteiger partial charge in [-0.25, -0.2) is 17.5 Å². The Morgan fingerprint density at radius 1 is 1.25 bits per heavy atom. The summed E-state index contributed by atoms with van der Waals surface area (Å²) in [5, 5.41) is 12.0. The maximum atomic E-state index is 12.2. The highest BCUT2D eigenvalue weighted by Gasteiger charge is 2.27. The van der Waals surface area contributed by atoms with Gasteiger partial charge in [-0.2, -0.15) is 0 Å². The van der Waals surface area contributed by atoms with E-state index in [1.807, 2.05) is 0 Å².